The highest BCUT2D eigenvalue weighted by Crippen LogP contribution is 2.27. The molecule has 29 heavy (non-hydrogen) atoms. The first-order valence-corrected chi connectivity index (χ1v) is 10.1. The maximum atomic E-state index is 12.6. The lowest BCUT2D eigenvalue weighted by Crippen LogP contribution is -2.38. The second-order valence-electron chi connectivity index (χ2n) is 7.62. The summed E-state index contributed by atoms with van der Waals surface area (Å²) in [5.41, 5.74) is 3.91. The van der Waals surface area contributed by atoms with Crippen LogP contribution in [-0.2, 0) is 17.6 Å². The molecule has 1 atom stereocenters. The van der Waals surface area contributed by atoms with Crippen LogP contribution in [0.1, 0.15) is 41.9 Å². The molecule has 1 aliphatic rings. The molecule has 1 fully saturated rings. The van der Waals surface area contributed by atoms with Crippen molar-refractivity contribution >= 4 is 11.6 Å². The Morgan fingerprint density at radius 2 is 1.93 bits per heavy atom. The topological polar surface area (TPSA) is 72.8 Å². The van der Waals surface area contributed by atoms with Gasteiger partial charge in [0.25, 0.3) is 0 Å². The minimum Gasteiger partial charge on any atom is -0.346 e. The summed E-state index contributed by atoms with van der Waals surface area (Å²) in [6.45, 7) is 0.792. The summed E-state index contributed by atoms with van der Waals surface area (Å²) in [7, 11) is 0. The Hall–Kier alpha value is -3.39. The van der Waals surface area contributed by atoms with Gasteiger partial charge in [0.2, 0.25) is 5.91 Å². The summed E-state index contributed by atoms with van der Waals surface area (Å²) in [5.74, 6) is 1.57. The third kappa shape index (κ3) is 4.72. The number of imidazole rings is 1. The molecule has 3 aromatic rings. The summed E-state index contributed by atoms with van der Waals surface area (Å²) in [4.78, 5) is 22.4. The highest BCUT2D eigenvalue weighted by Gasteiger charge is 2.26. The van der Waals surface area contributed by atoms with Crippen molar-refractivity contribution < 1.29 is 4.79 Å². The number of nitrogens with one attached hydrogen (secondary N) is 1. The smallest absolute Gasteiger partial charge is 0.227 e. The molecule has 0 saturated carbocycles. The van der Waals surface area contributed by atoms with Gasteiger partial charge in [0.05, 0.1) is 11.6 Å². The van der Waals surface area contributed by atoms with Crippen LogP contribution in [0.5, 0.6) is 0 Å². The quantitative estimate of drug-likeness (QED) is 0.690. The molecule has 1 unspecified atom stereocenters. The lowest BCUT2D eigenvalue weighted by atomic mass is 9.91. The first-order chi connectivity index (χ1) is 14.2. The Balaban J connectivity index is 1.28. The van der Waals surface area contributed by atoms with E-state index in [4.69, 9.17) is 5.26 Å². The van der Waals surface area contributed by atoms with Crippen molar-refractivity contribution in [3.05, 3.63) is 83.4 Å². The van der Waals surface area contributed by atoms with Crippen LogP contribution in [0.2, 0.25) is 0 Å². The molecule has 1 N–H and O–H groups in total. The van der Waals surface area contributed by atoms with Crippen molar-refractivity contribution in [2.24, 2.45) is 5.92 Å². The number of amides is 1. The molecule has 1 saturated heterocycles. The molecular formula is C24H24N4O. The number of hydrogen-bond donors (Lipinski definition) is 1. The number of para-hydroxylation sites is 1. The van der Waals surface area contributed by atoms with Crippen molar-refractivity contribution in [2.45, 2.75) is 32.1 Å². The van der Waals surface area contributed by atoms with E-state index in [1.54, 1.807) is 0 Å². The Labute approximate surface area is 171 Å². The van der Waals surface area contributed by atoms with Crippen LogP contribution in [0.4, 0.5) is 5.69 Å². The molecule has 2 heterocycles. The normalized spacial score (nSPS) is 16.6. The zero-order valence-electron chi connectivity index (χ0n) is 16.3. The maximum absolute atomic E-state index is 12.6. The molecular weight excluding hydrogens is 360 g/mol. The van der Waals surface area contributed by atoms with Gasteiger partial charge in [-0.15, -0.1) is 0 Å². The van der Waals surface area contributed by atoms with Gasteiger partial charge in [-0.2, -0.15) is 5.26 Å². The first-order valence-electron chi connectivity index (χ1n) is 10.1. The van der Waals surface area contributed by atoms with E-state index in [-0.39, 0.29) is 5.91 Å². The zero-order valence-corrected chi connectivity index (χ0v) is 16.3. The first kappa shape index (κ1) is 18.9. The molecule has 5 nitrogen and oxygen atoms in total. The molecule has 5 heteroatoms. The SMILES string of the molecule is N#Cc1ccc(Cc2ncc(CCC3CCN(c4ccccc4)C(=O)C3)[nH]2)cc1. The second kappa shape index (κ2) is 8.74. The van der Waals surface area contributed by atoms with Crippen LogP contribution in [0.25, 0.3) is 0 Å². The van der Waals surface area contributed by atoms with Gasteiger partial charge in [0.1, 0.15) is 5.82 Å². The molecule has 1 aliphatic heterocycles. The van der Waals surface area contributed by atoms with Crippen molar-refractivity contribution in [3.8, 4) is 6.07 Å². The summed E-state index contributed by atoms with van der Waals surface area (Å²) in [6, 6.07) is 19.6. The molecule has 1 amide bonds. The number of aromatic amines is 1. The Kier molecular flexibility index (Phi) is 5.71. The van der Waals surface area contributed by atoms with E-state index >= 15 is 0 Å². The van der Waals surface area contributed by atoms with Crippen LogP contribution in [0.15, 0.2) is 60.8 Å². The number of piperidine rings is 1. The second-order valence-corrected chi connectivity index (χ2v) is 7.62. The Morgan fingerprint density at radius 3 is 2.66 bits per heavy atom. The number of rotatable bonds is 6. The van der Waals surface area contributed by atoms with E-state index in [1.165, 1.54) is 0 Å². The van der Waals surface area contributed by atoms with Gasteiger partial charge in [-0.25, -0.2) is 4.98 Å². The number of aromatic nitrogens is 2. The average Bonchev–Trinajstić information content (AvgIpc) is 3.21. The molecule has 0 spiro atoms. The number of hydrogen-bond acceptors (Lipinski definition) is 3. The van der Waals surface area contributed by atoms with E-state index in [2.05, 4.69) is 16.0 Å². The third-order valence-corrected chi connectivity index (χ3v) is 5.55. The zero-order chi connectivity index (χ0) is 20.1. The van der Waals surface area contributed by atoms with Gasteiger partial charge in [-0.3, -0.25) is 4.79 Å². The number of H-pyrrole nitrogens is 1. The fraction of sp³-hybridized carbons (Fsp3) is 0.292. The molecule has 1 aromatic heterocycles. The van der Waals surface area contributed by atoms with Gasteiger partial charge in [-0.1, -0.05) is 30.3 Å². The van der Waals surface area contributed by atoms with E-state index in [1.807, 2.05) is 65.7 Å². The molecule has 146 valence electrons. The van der Waals surface area contributed by atoms with Crippen LogP contribution in [0.3, 0.4) is 0 Å². The van der Waals surface area contributed by atoms with Gasteiger partial charge in [-0.05, 0) is 55.0 Å². The van der Waals surface area contributed by atoms with E-state index < -0.39 is 0 Å². The minimum atomic E-state index is 0.221. The summed E-state index contributed by atoms with van der Waals surface area (Å²) < 4.78 is 0. The number of anilines is 1. The highest BCUT2D eigenvalue weighted by molar-refractivity contribution is 5.94. The van der Waals surface area contributed by atoms with Crippen molar-refractivity contribution in [3.63, 3.8) is 0 Å². The van der Waals surface area contributed by atoms with Gasteiger partial charge in [0.15, 0.2) is 0 Å². The monoisotopic (exact) mass is 384 g/mol. The number of carbonyl (C=O) groups excluding carboxylic acids is 1. The Bertz CT molecular complexity index is 1000. The standard InChI is InChI=1S/C24H24N4O/c25-16-20-8-6-18(7-9-20)14-23-26-17-21(27-23)11-10-19-12-13-28(24(29)15-19)22-4-2-1-3-5-22/h1-9,17,19H,10-15H2,(H,26,27). The number of benzene rings is 2. The summed E-state index contributed by atoms with van der Waals surface area (Å²) in [5, 5.41) is 8.88. The van der Waals surface area contributed by atoms with Gasteiger partial charge < -0.3 is 9.88 Å². The molecule has 0 bridgehead atoms. The van der Waals surface area contributed by atoms with E-state index in [0.29, 0.717) is 17.9 Å². The lowest BCUT2D eigenvalue weighted by Gasteiger charge is -2.31. The van der Waals surface area contributed by atoms with Crippen LogP contribution < -0.4 is 4.90 Å². The average molecular weight is 384 g/mol. The lowest BCUT2D eigenvalue weighted by molar-refractivity contribution is -0.120. The van der Waals surface area contributed by atoms with Gasteiger partial charge >= 0.3 is 0 Å². The van der Waals surface area contributed by atoms with Crippen LogP contribution in [0, 0.1) is 17.2 Å². The molecule has 2 aromatic carbocycles. The fourth-order valence-electron chi connectivity index (χ4n) is 3.90. The van der Waals surface area contributed by atoms with Crippen molar-refractivity contribution in [1.29, 1.82) is 5.26 Å². The third-order valence-electron chi connectivity index (χ3n) is 5.55. The number of nitriles is 1. The van der Waals surface area contributed by atoms with E-state index in [9.17, 15) is 4.79 Å². The highest BCUT2D eigenvalue weighted by atomic mass is 16.2. The largest absolute Gasteiger partial charge is 0.346 e. The molecule has 4 rings (SSSR count). The summed E-state index contributed by atoms with van der Waals surface area (Å²) >= 11 is 0. The summed E-state index contributed by atoms with van der Waals surface area (Å²) in [6.07, 6.45) is 6.17. The maximum Gasteiger partial charge on any atom is 0.227 e. The van der Waals surface area contributed by atoms with Gasteiger partial charge in [0, 0.05) is 37.0 Å². The van der Waals surface area contributed by atoms with E-state index in [0.717, 1.165) is 55.0 Å². The van der Waals surface area contributed by atoms with Crippen molar-refractivity contribution in [1.82, 2.24) is 9.97 Å². The van der Waals surface area contributed by atoms with Crippen LogP contribution in [-0.4, -0.2) is 22.4 Å². The number of carbonyl (C=O) groups is 1. The number of aryl methyl sites for hydroxylation is 1. The predicted octanol–water partition coefficient (Wildman–Crippen LogP) is 4.25. The fourth-order valence-corrected chi connectivity index (χ4v) is 3.90. The number of nitrogens with zero attached hydrogens (tertiary/aromatic N) is 3. The molecule has 0 radical (unpaired) electrons. The Morgan fingerprint density at radius 1 is 1.14 bits per heavy atom. The molecule has 0 aliphatic carbocycles. The van der Waals surface area contributed by atoms with Crippen LogP contribution >= 0.6 is 0 Å². The van der Waals surface area contributed by atoms with Crippen molar-refractivity contribution in [2.75, 3.05) is 11.4 Å². The minimum absolute atomic E-state index is 0.221. The predicted molar refractivity (Wildman–Crippen MR) is 112 cm³/mol.